The summed E-state index contributed by atoms with van der Waals surface area (Å²) in [6.07, 6.45) is 0.604. The SMILES string of the molecule is O=c1[nH]c(-c2cccs2)nc2c1CN(Cc1cc([N+](=O)[O-])ccc1O)CC2. The van der Waals surface area contributed by atoms with Crippen LogP contribution in [0.5, 0.6) is 5.75 Å². The number of hydrogen-bond acceptors (Lipinski definition) is 7. The summed E-state index contributed by atoms with van der Waals surface area (Å²) in [6, 6.07) is 7.79. The van der Waals surface area contributed by atoms with Gasteiger partial charge < -0.3 is 10.1 Å². The van der Waals surface area contributed by atoms with E-state index in [2.05, 4.69) is 9.97 Å². The largest absolute Gasteiger partial charge is 0.508 e. The molecule has 0 bridgehead atoms. The van der Waals surface area contributed by atoms with Crippen LogP contribution in [0.4, 0.5) is 5.69 Å². The summed E-state index contributed by atoms with van der Waals surface area (Å²) in [5, 5.41) is 22.9. The second kappa shape index (κ2) is 6.93. The van der Waals surface area contributed by atoms with Crippen molar-refractivity contribution in [2.45, 2.75) is 19.5 Å². The minimum atomic E-state index is -0.491. The summed E-state index contributed by atoms with van der Waals surface area (Å²) in [4.78, 5) is 33.3. The monoisotopic (exact) mass is 384 g/mol. The van der Waals surface area contributed by atoms with E-state index in [9.17, 15) is 20.0 Å². The lowest BCUT2D eigenvalue weighted by molar-refractivity contribution is -0.385. The number of nitrogens with one attached hydrogen (secondary N) is 1. The van der Waals surface area contributed by atoms with Crippen LogP contribution in [0.25, 0.3) is 10.7 Å². The van der Waals surface area contributed by atoms with E-state index in [0.717, 1.165) is 10.6 Å². The van der Waals surface area contributed by atoms with Crippen molar-refractivity contribution in [1.82, 2.24) is 14.9 Å². The van der Waals surface area contributed by atoms with Gasteiger partial charge in [0.05, 0.1) is 21.1 Å². The number of benzene rings is 1. The van der Waals surface area contributed by atoms with Crippen molar-refractivity contribution in [3.05, 3.63) is 73.0 Å². The van der Waals surface area contributed by atoms with Crippen LogP contribution >= 0.6 is 11.3 Å². The molecule has 0 saturated heterocycles. The second-order valence-corrected chi connectivity index (χ2v) is 7.30. The predicted octanol–water partition coefficient (Wildman–Crippen LogP) is 2.67. The molecule has 2 aromatic heterocycles. The number of H-pyrrole nitrogens is 1. The maximum absolute atomic E-state index is 12.5. The molecule has 0 fully saturated rings. The molecular formula is C18H16N4O4S. The summed E-state index contributed by atoms with van der Waals surface area (Å²) >= 11 is 1.52. The molecule has 1 aliphatic heterocycles. The van der Waals surface area contributed by atoms with Gasteiger partial charge in [-0.05, 0) is 17.5 Å². The van der Waals surface area contributed by atoms with Gasteiger partial charge in [-0.15, -0.1) is 11.3 Å². The first-order valence-electron chi connectivity index (χ1n) is 8.36. The summed E-state index contributed by atoms with van der Waals surface area (Å²) < 4.78 is 0. The zero-order valence-corrected chi connectivity index (χ0v) is 15.0. The van der Waals surface area contributed by atoms with Crippen LogP contribution in [0, 0.1) is 10.1 Å². The number of nitrogens with zero attached hydrogens (tertiary/aromatic N) is 3. The summed E-state index contributed by atoms with van der Waals surface area (Å²) in [6.45, 7) is 1.35. The van der Waals surface area contributed by atoms with Crippen molar-refractivity contribution < 1.29 is 10.0 Å². The van der Waals surface area contributed by atoms with E-state index in [4.69, 9.17) is 0 Å². The van der Waals surface area contributed by atoms with E-state index in [-0.39, 0.29) is 17.0 Å². The van der Waals surface area contributed by atoms with Crippen molar-refractivity contribution in [3.8, 4) is 16.5 Å². The first-order chi connectivity index (χ1) is 13.0. The topological polar surface area (TPSA) is 112 Å². The number of hydrogen-bond donors (Lipinski definition) is 2. The lowest BCUT2D eigenvalue weighted by Gasteiger charge is -2.27. The van der Waals surface area contributed by atoms with E-state index in [1.807, 2.05) is 22.4 Å². The molecule has 4 rings (SSSR count). The number of nitro groups is 1. The molecule has 9 heteroatoms. The Balaban J connectivity index is 1.58. The molecule has 8 nitrogen and oxygen atoms in total. The van der Waals surface area contributed by atoms with Crippen molar-refractivity contribution >= 4 is 17.0 Å². The first kappa shape index (κ1) is 17.4. The molecule has 138 valence electrons. The van der Waals surface area contributed by atoms with E-state index >= 15 is 0 Å². The molecule has 0 unspecified atom stereocenters. The zero-order chi connectivity index (χ0) is 19.0. The van der Waals surface area contributed by atoms with E-state index in [1.54, 1.807) is 0 Å². The number of nitro benzene ring substituents is 1. The van der Waals surface area contributed by atoms with Gasteiger partial charge in [0.15, 0.2) is 5.82 Å². The Bertz CT molecular complexity index is 1060. The molecule has 0 saturated carbocycles. The number of aromatic nitrogens is 2. The highest BCUT2D eigenvalue weighted by molar-refractivity contribution is 7.13. The fraction of sp³-hybridized carbons (Fsp3) is 0.222. The van der Waals surface area contributed by atoms with E-state index in [0.29, 0.717) is 43.0 Å². The minimum absolute atomic E-state index is 0.00600. The molecular weight excluding hydrogens is 368 g/mol. The molecule has 1 aliphatic rings. The third-order valence-electron chi connectivity index (χ3n) is 4.57. The lowest BCUT2D eigenvalue weighted by Crippen LogP contribution is -2.35. The Morgan fingerprint density at radius 3 is 2.96 bits per heavy atom. The molecule has 0 aliphatic carbocycles. The third kappa shape index (κ3) is 3.46. The first-order valence-corrected chi connectivity index (χ1v) is 9.24. The number of phenols is 1. The molecule has 3 heterocycles. The highest BCUT2D eigenvalue weighted by atomic mass is 32.1. The van der Waals surface area contributed by atoms with Crippen molar-refractivity contribution in [2.75, 3.05) is 6.54 Å². The Morgan fingerprint density at radius 2 is 2.22 bits per heavy atom. The second-order valence-electron chi connectivity index (χ2n) is 6.35. The van der Waals surface area contributed by atoms with Crippen LogP contribution in [-0.4, -0.2) is 31.4 Å². The number of thiophene rings is 1. The number of fused-ring (bicyclic) bond motifs is 1. The molecule has 0 spiro atoms. The normalized spacial score (nSPS) is 14.1. The Labute approximate surface area is 157 Å². The highest BCUT2D eigenvalue weighted by Gasteiger charge is 2.23. The molecule has 2 N–H and O–H groups in total. The summed E-state index contributed by atoms with van der Waals surface area (Å²) in [5.74, 6) is 0.588. The number of phenolic OH excluding ortho intramolecular Hbond substituents is 1. The fourth-order valence-corrected chi connectivity index (χ4v) is 3.87. The minimum Gasteiger partial charge on any atom is -0.508 e. The third-order valence-corrected chi connectivity index (χ3v) is 5.45. The van der Waals surface area contributed by atoms with E-state index < -0.39 is 4.92 Å². The Hall–Kier alpha value is -3.04. The average Bonchev–Trinajstić information content (AvgIpc) is 3.18. The molecule has 0 atom stereocenters. The zero-order valence-electron chi connectivity index (χ0n) is 14.2. The van der Waals surface area contributed by atoms with Gasteiger partial charge in [0.1, 0.15) is 5.75 Å². The fourth-order valence-electron chi connectivity index (χ4n) is 3.20. The molecule has 27 heavy (non-hydrogen) atoms. The number of aromatic amines is 1. The van der Waals surface area contributed by atoms with E-state index in [1.165, 1.54) is 29.5 Å². The van der Waals surface area contributed by atoms with Crippen LogP contribution in [0.2, 0.25) is 0 Å². The quantitative estimate of drug-likeness (QED) is 0.528. The molecule has 0 amide bonds. The van der Waals surface area contributed by atoms with Crippen LogP contribution in [0.3, 0.4) is 0 Å². The molecule has 1 aromatic carbocycles. The van der Waals surface area contributed by atoms with Gasteiger partial charge in [-0.1, -0.05) is 6.07 Å². The van der Waals surface area contributed by atoms with Crippen molar-refractivity contribution in [1.29, 1.82) is 0 Å². The Kier molecular flexibility index (Phi) is 4.46. The van der Waals surface area contributed by atoms with Gasteiger partial charge in [0, 0.05) is 43.8 Å². The maximum atomic E-state index is 12.5. The number of aromatic hydroxyl groups is 1. The van der Waals surface area contributed by atoms with Crippen LogP contribution in [0.1, 0.15) is 16.8 Å². The van der Waals surface area contributed by atoms with Crippen LogP contribution in [-0.2, 0) is 19.5 Å². The predicted molar refractivity (Wildman–Crippen MR) is 101 cm³/mol. The van der Waals surface area contributed by atoms with Crippen LogP contribution in [0.15, 0.2) is 40.5 Å². The Morgan fingerprint density at radius 1 is 1.37 bits per heavy atom. The van der Waals surface area contributed by atoms with Gasteiger partial charge in [0.2, 0.25) is 0 Å². The average molecular weight is 384 g/mol. The van der Waals surface area contributed by atoms with Crippen LogP contribution < -0.4 is 5.56 Å². The smallest absolute Gasteiger partial charge is 0.270 e. The standard InChI is InChI=1S/C18H16N4O4S/c23-15-4-3-12(22(25)26)8-11(15)9-21-6-5-14-13(10-21)18(24)20-17(19-14)16-2-1-7-27-16/h1-4,7-8,23H,5-6,9-10H2,(H,19,20,24). The van der Waals surface area contributed by atoms with Gasteiger partial charge >= 0.3 is 0 Å². The lowest BCUT2D eigenvalue weighted by atomic mass is 10.1. The van der Waals surface area contributed by atoms with Gasteiger partial charge in [-0.3, -0.25) is 19.8 Å². The molecule has 0 radical (unpaired) electrons. The molecule has 3 aromatic rings. The number of rotatable bonds is 4. The maximum Gasteiger partial charge on any atom is 0.270 e. The summed E-state index contributed by atoms with van der Waals surface area (Å²) in [5.41, 5.74) is 1.61. The summed E-state index contributed by atoms with van der Waals surface area (Å²) in [7, 11) is 0. The van der Waals surface area contributed by atoms with Gasteiger partial charge in [0.25, 0.3) is 11.2 Å². The highest BCUT2D eigenvalue weighted by Crippen LogP contribution is 2.27. The number of non-ortho nitro benzene ring substituents is 1. The van der Waals surface area contributed by atoms with Crippen molar-refractivity contribution in [2.24, 2.45) is 0 Å². The van der Waals surface area contributed by atoms with Crippen molar-refractivity contribution in [3.63, 3.8) is 0 Å². The van der Waals surface area contributed by atoms with Gasteiger partial charge in [-0.25, -0.2) is 4.98 Å². The van der Waals surface area contributed by atoms with Gasteiger partial charge in [-0.2, -0.15) is 0 Å².